The zero-order chi connectivity index (χ0) is 10.5. The minimum absolute atomic E-state index is 0.690. The van der Waals surface area contributed by atoms with Crippen molar-refractivity contribution in [3.05, 3.63) is 42.7 Å². The van der Waals surface area contributed by atoms with Gasteiger partial charge in [-0.15, -0.1) is 0 Å². The summed E-state index contributed by atoms with van der Waals surface area (Å²) in [6.07, 6.45) is 3.92. The molecule has 0 aliphatic carbocycles. The average molecular weight is 202 g/mol. The molecule has 2 rings (SSSR count). The van der Waals surface area contributed by atoms with Crippen LogP contribution in [0.15, 0.2) is 42.7 Å². The van der Waals surface area contributed by atoms with Crippen molar-refractivity contribution in [1.82, 2.24) is 9.78 Å². The van der Waals surface area contributed by atoms with Gasteiger partial charge < -0.3 is 4.74 Å². The van der Waals surface area contributed by atoms with Gasteiger partial charge in [-0.1, -0.05) is 30.3 Å². The van der Waals surface area contributed by atoms with E-state index in [2.05, 4.69) is 17.2 Å². The predicted molar refractivity (Wildman–Crippen MR) is 59.5 cm³/mol. The predicted octanol–water partition coefficient (Wildman–Crippen LogP) is 2.20. The second-order valence-electron chi connectivity index (χ2n) is 3.35. The van der Waals surface area contributed by atoms with Gasteiger partial charge in [0.25, 0.3) is 0 Å². The monoisotopic (exact) mass is 202 g/mol. The minimum atomic E-state index is 0.690. The molecular formula is C12H14N2O. The van der Waals surface area contributed by atoms with Gasteiger partial charge in [0.15, 0.2) is 0 Å². The standard InChI is InChI=1S/C12H14N2O/c1-15-8-7-14-10-12(9-13-14)11-5-3-2-4-6-11/h2-6,9-10H,7-8H2,1H3. The number of benzene rings is 1. The van der Waals surface area contributed by atoms with Crippen LogP contribution in [0.25, 0.3) is 11.1 Å². The molecule has 1 aromatic heterocycles. The molecule has 78 valence electrons. The zero-order valence-electron chi connectivity index (χ0n) is 8.76. The molecule has 0 atom stereocenters. The van der Waals surface area contributed by atoms with Crippen LogP contribution >= 0.6 is 0 Å². The normalized spacial score (nSPS) is 10.5. The van der Waals surface area contributed by atoms with Crippen LogP contribution in [0.4, 0.5) is 0 Å². The van der Waals surface area contributed by atoms with Crippen LogP contribution in [0.1, 0.15) is 0 Å². The molecule has 3 nitrogen and oxygen atoms in total. The Morgan fingerprint density at radius 2 is 2.00 bits per heavy atom. The number of rotatable bonds is 4. The number of hydrogen-bond acceptors (Lipinski definition) is 2. The van der Waals surface area contributed by atoms with E-state index < -0.39 is 0 Å². The molecule has 0 aliphatic heterocycles. The Kier molecular flexibility index (Phi) is 3.15. The molecule has 1 aromatic carbocycles. The number of hydrogen-bond donors (Lipinski definition) is 0. The molecule has 0 saturated carbocycles. The fraction of sp³-hybridized carbons (Fsp3) is 0.250. The summed E-state index contributed by atoms with van der Waals surface area (Å²) >= 11 is 0. The summed E-state index contributed by atoms with van der Waals surface area (Å²) < 4.78 is 6.89. The first kappa shape index (κ1) is 9.93. The lowest BCUT2D eigenvalue weighted by molar-refractivity contribution is 0.183. The topological polar surface area (TPSA) is 27.1 Å². The van der Waals surface area contributed by atoms with Crippen LogP contribution in [-0.4, -0.2) is 23.5 Å². The Bertz CT molecular complexity index is 409. The van der Waals surface area contributed by atoms with Gasteiger partial charge in [-0.05, 0) is 5.56 Å². The van der Waals surface area contributed by atoms with E-state index in [4.69, 9.17) is 4.74 Å². The molecule has 1 heterocycles. The number of methoxy groups -OCH3 is 1. The summed E-state index contributed by atoms with van der Waals surface area (Å²) in [7, 11) is 1.70. The lowest BCUT2D eigenvalue weighted by atomic mass is 10.1. The fourth-order valence-corrected chi connectivity index (χ4v) is 1.45. The van der Waals surface area contributed by atoms with E-state index in [-0.39, 0.29) is 0 Å². The summed E-state index contributed by atoms with van der Waals surface area (Å²) in [5, 5.41) is 4.27. The quantitative estimate of drug-likeness (QED) is 0.760. The van der Waals surface area contributed by atoms with Crippen molar-refractivity contribution in [3.63, 3.8) is 0 Å². The second kappa shape index (κ2) is 4.75. The van der Waals surface area contributed by atoms with E-state index in [1.54, 1.807) is 7.11 Å². The first-order chi connectivity index (χ1) is 7.40. The third kappa shape index (κ3) is 2.44. The summed E-state index contributed by atoms with van der Waals surface area (Å²) in [5.41, 5.74) is 2.34. The molecule has 0 bridgehead atoms. The highest BCUT2D eigenvalue weighted by Gasteiger charge is 2.00. The van der Waals surface area contributed by atoms with Crippen molar-refractivity contribution in [3.8, 4) is 11.1 Å². The highest BCUT2D eigenvalue weighted by atomic mass is 16.5. The van der Waals surface area contributed by atoms with E-state index in [0.717, 1.165) is 12.1 Å². The number of nitrogens with zero attached hydrogens (tertiary/aromatic N) is 2. The highest BCUT2D eigenvalue weighted by Crippen LogP contribution is 2.17. The Hall–Kier alpha value is -1.61. The molecule has 0 fully saturated rings. The molecule has 0 unspecified atom stereocenters. The molecule has 0 spiro atoms. The number of ether oxygens (including phenoxy) is 1. The lowest BCUT2D eigenvalue weighted by Gasteiger charge is -1.98. The van der Waals surface area contributed by atoms with Gasteiger partial charge >= 0.3 is 0 Å². The Labute approximate surface area is 89.3 Å². The van der Waals surface area contributed by atoms with Crippen LogP contribution in [0.2, 0.25) is 0 Å². The first-order valence-corrected chi connectivity index (χ1v) is 4.97. The molecule has 0 N–H and O–H groups in total. The van der Waals surface area contributed by atoms with Crippen molar-refractivity contribution in [2.24, 2.45) is 0 Å². The summed E-state index contributed by atoms with van der Waals surface area (Å²) in [6, 6.07) is 10.2. The van der Waals surface area contributed by atoms with Gasteiger partial charge in [0.05, 0.1) is 19.3 Å². The lowest BCUT2D eigenvalue weighted by Crippen LogP contribution is -2.03. The van der Waals surface area contributed by atoms with Gasteiger partial charge in [-0.2, -0.15) is 5.10 Å². The first-order valence-electron chi connectivity index (χ1n) is 4.97. The van der Waals surface area contributed by atoms with Crippen LogP contribution < -0.4 is 0 Å². The van der Waals surface area contributed by atoms with Crippen LogP contribution in [0, 0.1) is 0 Å². The molecule has 15 heavy (non-hydrogen) atoms. The summed E-state index contributed by atoms with van der Waals surface area (Å²) in [6.45, 7) is 1.49. The maximum atomic E-state index is 5.00. The van der Waals surface area contributed by atoms with Crippen LogP contribution in [0.5, 0.6) is 0 Å². The van der Waals surface area contributed by atoms with E-state index >= 15 is 0 Å². The van der Waals surface area contributed by atoms with Crippen molar-refractivity contribution in [2.75, 3.05) is 13.7 Å². The Morgan fingerprint density at radius 3 is 2.73 bits per heavy atom. The van der Waals surface area contributed by atoms with Gasteiger partial charge in [-0.25, -0.2) is 0 Å². The minimum Gasteiger partial charge on any atom is -0.383 e. The third-order valence-corrected chi connectivity index (χ3v) is 2.26. The SMILES string of the molecule is COCCn1cc(-c2ccccc2)cn1. The second-order valence-corrected chi connectivity index (χ2v) is 3.35. The zero-order valence-corrected chi connectivity index (χ0v) is 8.76. The van der Waals surface area contributed by atoms with E-state index in [9.17, 15) is 0 Å². The van der Waals surface area contributed by atoms with E-state index in [1.165, 1.54) is 5.56 Å². The highest BCUT2D eigenvalue weighted by molar-refractivity contribution is 5.61. The largest absolute Gasteiger partial charge is 0.383 e. The van der Waals surface area contributed by atoms with Crippen molar-refractivity contribution in [2.45, 2.75) is 6.54 Å². The molecule has 3 heteroatoms. The van der Waals surface area contributed by atoms with Crippen molar-refractivity contribution in [1.29, 1.82) is 0 Å². The number of aromatic nitrogens is 2. The van der Waals surface area contributed by atoms with Crippen LogP contribution in [-0.2, 0) is 11.3 Å². The molecular weight excluding hydrogens is 188 g/mol. The molecule has 0 radical (unpaired) electrons. The Morgan fingerprint density at radius 1 is 1.20 bits per heavy atom. The molecule has 2 aromatic rings. The maximum absolute atomic E-state index is 5.00. The summed E-state index contributed by atoms with van der Waals surface area (Å²) in [4.78, 5) is 0. The fourth-order valence-electron chi connectivity index (χ4n) is 1.45. The maximum Gasteiger partial charge on any atom is 0.0658 e. The van der Waals surface area contributed by atoms with Gasteiger partial charge in [0, 0.05) is 18.9 Å². The third-order valence-electron chi connectivity index (χ3n) is 2.26. The van der Waals surface area contributed by atoms with E-state index in [1.807, 2.05) is 35.3 Å². The summed E-state index contributed by atoms with van der Waals surface area (Å²) in [5.74, 6) is 0. The van der Waals surface area contributed by atoms with Crippen LogP contribution in [0.3, 0.4) is 0 Å². The molecule has 0 amide bonds. The smallest absolute Gasteiger partial charge is 0.0658 e. The molecule has 0 saturated heterocycles. The van der Waals surface area contributed by atoms with Gasteiger partial charge in [0.1, 0.15) is 0 Å². The molecule has 0 aliphatic rings. The Balaban J connectivity index is 2.14. The van der Waals surface area contributed by atoms with Crippen molar-refractivity contribution < 1.29 is 4.74 Å². The van der Waals surface area contributed by atoms with Crippen molar-refractivity contribution >= 4 is 0 Å². The van der Waals surface area contributed by atoms with Gasteiger partial charge in [-0.3, -0.25) is 4.68 Å². The van der Waals surface area contributed by atoms with E-state index in [0.29, 0.717) is 6.61 Å². The average Bonchev–Trinajstić information content (AvgIpc) is 2.76. The van der Waals surface area contributed by atoms with Gasteiger partial charge in [0.2, 0.25) is 0 Å².